The van der Waals surface area contributed by atoms with E-state index in [1.807, 2.05) is 0 Å². The van der Waals surface area contributed by atoms with E-state index in [0.29, 0.717) is 18.1 Å². The Hall–Kier alpha value is -1.63. The van der Waals surface area contributed by atoms with Gasteiger partial charge in [0, 0.05) is 11.4 Å². The molecule has 1 aliphatic heterocycles. The van der Waals surface area contributed by atoms with Gasteiger partial charge in [-0.05, 0) is 45.4 Å². The summed E-state index contributed by atoms with van der Waals surface area (Å²) in [5.74, 6) is -0.945. The zero-order chi connectivity index (χ0) is 15.0. The molecule has 0 spiro atoms. The normalized spacial score (nSPS) is 24.7. The van der Waals surface area contributed by atoms with Crippen LogP contribution < -0.4 is 5.32 Å². The molecule has 1 unspecified atom stereocenters. The first kappa shape index (κ1) is 14.3. The van der Waals surface area contributed by atoms with Gasteiger partial charge >= 0.3 is 12.0 Å². The molecule has 6 nitrogen and oxygen atoms in total. The van der Waals surface area contributed by atoms with E-state index in [4.69, 9.17) is 0 Å². The number of fused-ring (bicyclic) bond motifs is 1. The quantitative estimate of drug-likeness (QED) is 0.879. The summed E-state index contributed by atoms with van der Waals surface area (Å²) in [6.07, 6.45) is 5.29. The molecule has 1 fully saturated rings. The lowest BCUT2D eigenvalue weighted by Crippen LogP contribution is -2.58. The number of amides is 2. The van der Waals surface area contributed by atoms with Gasteiger partial charge in [-0.3, -0.25) is 5.32 Å². The van der Waals surface area contributed by atoms with Crippen LogP contribution in [-0.4, -0.2) is 39.1 Å². The molecule has 1 aliphatic carbocycles. The number of rotatable bonds is 2. The number of urea groups is 1. The number of hydrogen-bond acceptors (Lipinski definition) is 4. The SMILES string of the molecule is CC1(C(=O)O)CCCCN1C(=O)Nc1nc2c(s1)CCC2. The molecular formula is C14H19N3O3S. The van der Waals surface area contributed by atoms with Gasteiger partial charge in [-0.2, -0.15) is 0 Å². The molecule has 3 rings (SSSR count). The van der Waals surface area contributed by atoms with Crippen molar-refractivity contribution in [3.8, 4) is 0 Å². The predicted molar refractivity (Wildman–Crippen MR) is 79.8 cm³/mol. The number of aryl methyl sites for hydroxylation is 2. The summed E-state index contributed by atoms with van der Waals surface area (Å²) in [7, 11) is 0. The largest absolute Gasteiger partial charge is 0.480 e. The van der Waals surface area contributed by atoms with Crippen molar-refractivity contribution >= 4 is 28.5 Å². The van der Waals surface area contributed by atoms with Gasteiger partial charge in [0.25, 0.3) is 0 Å². The molecule has 0 saturated carbocycles. The van der Waals surface area contributed by atoms with E-state index in [-0.39, 0.29) is 6.03 Å². The number of aliphatic carboxylic acids is 1. The summed E-state index contributed by atoms with van der Waals surface area (Å²) in [5.41, 5.74) is -0.0440. The van der Waals surface area contributed by atoms with Crippen molar-refractivity contribution in [3.05, 3.63) is 10.6 Å². The molecule has 114 valence electrons. The molecule has 0 aromatic carbocycles. The lowest BCUT2D eigenvalue weighted by molar-refractivity contribution is -0.150. The second kappa shape index (κ2) is 5.29. The Morgan fingerprint density at radius 2 is 2.14 bits per heavy atom. The zero-order valence-corrected chi connectivity index (χ0v) is 12.8. The van der Waals surface area contributed by atoms with Gasteiger partial charge in [-0.1, -0.05) is 0 Å². The third-order valence-corrected chi connectivity index (χ3v) is 5.48. The Balaban J connectivity index is 1.75. The Bertz CT molecular complexity index is 565. The minimum Gasteiger partial charge on any atom is -0.480 e. The Morgan fingerprint density at radius 3 is 2.86 bits per heavy atom. The minimum atomic E-state index is -1.12. The lowest BCUT2D eigenvalue weighted by Gasteiger charge is -2.41. The van der Waals surface area contributed by atoms with Crippen LogP contribution in [0.2, 0.25) is 0 Å². The number of piperidine rings is 1. The maximum absolute atomic E-state index is 12.4. The molecule has 7 heteroatoms. The Labute approximate surface area is 127 Å². The number of nitrogens with one attached hydrogen (secondary N) is 1. The van der Waals surface area contributed by atoms with E-state index < -0.39 is 11.5 Å². The maximum atomic E-state index is 12.4. The molecule has 2 aliphatic rings. The van der Waals surface area contributed by atoms with Crippen LogP contribution in [0.15, 0.2) is 0 Å². The van der Waals surface area contributed by atoms with Gasteiger partial charge in [-0.15, -0.1) is 11.3 Å². The summed E-state index contributed by atoms with van der Waals surface area (Å²) in [4.78, 5) is 31.1. The van der Waals surface area contributed by atoms with Crippen LogP contribution in [0.4, 0.5) is 9.93 Å². The van der Waals surface area contributed by atoms with Crippen molar-refractivity contribution in [1.82, 2.24) is 9.88 Å². The van der Waals surface area contributed by atoms with Crippen LogP contribution >= 0.6 is 11.3 Å². The topological polar surface area (TPSA) is 82.5 Å². The molecule has 1 atom stereocenters. The summed E-state index contributed by atoms with van der Waals surface area (Å²) < 4.78 is 0. The van der Waals surface area contributed by atoms with E-state index in [9.17, 15) is 14.7 Å². The van der Waals surface area contributed by atoms with Crippen LogP contribution in [0.3, 0.4) is 0 Å². The van der Waals surface area contributed by atoms with Crippen LogP contribution in [-0.2, 0) is 17.6 Å². The smallest absolute Gasteiger partial charge is 0.329 e. The van der Waals surface area contributed by atoms with Gasteiger partial charge in [0.1, 0.15) is 5.54 Å². The third-order valence-electron chi connectivity index (χ3n) is 4.41. The fourth-order valence-corrected chi connectivity index (χ4v) is 4.11. The fraction of sp³-hybridized carbons (Fsp3) is 0.643. The summed E-state index contributed by atoms with van der Waals surface area (Å²) in [6.45, 7) is 2.09. The van der Waals surface area contributed by atoms with Gasteiger partial charge in [-0.25, -0.2) is 14.6 Å². The Morgan fingerprint density at radius 1 is 1.33 bits per heavy atom. The highest BCUT2D eigenvalue weighted by atomic mass is 32.1. The van der Waals surface area contributed by atoms with Crippen molar-refractivity contribution in [2.45, 2.75) is 51.0 Å². The Kier molecular flexibility index (Phi) is 3.61. The molecular weight excluding hydrogens is 290 g/mol. The highest BCUT2D eigenvalue weighted by Crippen LogP contribution is 2.32. The highest BCUT2D eigenvalue weighted by molar-refractivity contribution is 7.15. The van der Waals surface area contributed by atoms with Crippen LogP contribution in [0.25, 0.3) is 0 Å². The van der Waals surface area contributed by atoms with Crippen molar-refractivity contribution in [2.24, 2.45) is 0 Å². The first-order valence-corrected chi connectivity index (χ1v) is 8.13. The molecule has 1 aromatic rings. The van der Waals surface area contributed by atoms with Crippen molar-refractivity contribution in [2.75, 3.05) is 11.9 Å². The molecule has 1 saturated heterocycles. The first-order chi connectivity index (χ1) is 10.0. The van der Waals surface area contributed by atoms with Crippen molar-refractivity contribution in [1.29, 1.82) is 0 Å². The fourth-order valence-electron chi connectivity index (χ4n) is 3.07. The third kappa shape index (κ3) is 2.50. The average Bonchev–Trinajstić information content (AvgIpc) is 2.99. The standard InChI is InChI=1S/C14H19N3O3S/c1-14(11(18)19)7-2-3-8-17(14)13(20)16-12-15-9-5-4-6-10(9)21-12/h2-8H2,1H3,(H,18,19)(H,15,16,20). The van der Waals surface area contributed by atoms with E-state index in [0.717, 1.165) is 37.8 Å². The van der Waals surface area contributed by atoms with Crippen LogP contribution in [0.5, 0.6) is 0 Å². The number of carboxylic acid groups (broad SMARTS) is 1. The average molecular weight is 309 g/mol. The maximum Gasteiger partial charge on any atom is 0.329 e. The minimum absolute atomic E-state index is 0.355. The first-order valence-electron chi connectivity index (χ1n) is 7.31. The van der Waals surface area contributed by atoms with Gasteiger partial charge in [0.15, 0.2) is 5.13 Å². The number of hydrogen-bond donors (Lipinski definition) is 2. The lowest BCUT2D eigenvalue weighted by atomic mass is 9.89. The second-order valence-corrected chi connectivity index (χ2v) is 6.94. The van der Waals surface area contributed by atoms with Crippen molar-refractivity contribution < 1.29 is 14.7 Å². The number of carboxylic acids is 1. The number of nitrogens with zero attached hydrogens (tertiary/aromatic N) is 2. The molecule has 2 amide bonds. The molecule has 0 radical (unpaired) electrons. The predicted octanol–water partition coefficient (Wildman–Crippen LogP) is 2.49. The summed E-state index contributed by atoms with van der Waals surface area (Å²) >= 11 is 1.51. The number of carbonyl (C=O) groups excluding carboxylic acids is 1. The molecule has 0 bridgehead atoms. The molecule has 2 heterocycles. The van der Waals surface area contributed by atoms with Gasteiger partial charge < -0.3 is 10.0 Å². The van der Waals surface area contributed by atoms with Gasteiger partial charge in [0.2, 0.25) is 0 Å². The zero-order valence-electron chi connectivity index (χ0n) is 12.0. The van der Waals surface area contributed by atoms with E-state index in [1.165, 1.54) is 21.1 Å². The number of carbonyl (C=O) groups is 2. The van der Waals surface area contributed by atoms with E-state index in [2.05, 4.69) is 10.3 Å². The molecule has 1 aromatic heterocycles. The monoisotopic (exact) mass is 309 g/mol. The number of anilines is 1. The summed E-state index contributed by atoms with van der Waals surface area (Å²) in [6, 6.07) is -0.355. The van der Waals surface area contributed by atoms with Crippen LogP contribution in [0.1, 0.15) is 43.2 Å². The van der Waals surface area contributed by atoms with Crippen LogP contribution in [0, 0.1) is 0 Å². The molecule has 2 N–H and O–H groups in total. The van der Waals surface area contributed by atoms with E-state index >= 15 is 0 Å². The van der Waals surface area contributed by atoms with E-state index in [1.54, 1.807) is 6.92 Å². The number of aromatic nitrogens is 1. The second-order valence-electron chi connectivity index (χ2n) is 5.86. The number of thiazole rings is 1. The van der Waals surface area contributed by atoms with Gasteiger partial charge in [0.05, 0.1) is 5.69 Å². The highest BCUT2D eigenvalue weighted by Gasteiger charge is 2.44. The van der Waals surface area contributed by atoms with Crippen molar-refractivity contribution in [3.63, 3.8) is 0 Å². The number of likely N-dealkylation sites (tertiary alicyclic amines) is 1. The summed E-state index contributed by atoms with van der Waals surface area (Å²) in [5, 5.41) is 12.8. The molecule has 21 heavy (non-hydrogen) atoms.